The number of rotatable bonds is 5. The Balaban J connectivity index is 2.41. The van der Waals surface area contributed by atoms with Gasteiger partial charge in [-0.05, 0) is 24.3 Å². The van der Waals surface area contributed by atoms with Gasteiger partial charge in [0.15, 0.2) is 0 Å². The van der Waals surface area contributed by atoms with Crippen LogP contribution in [0.25, 0.3) is 0 Å². The average Bonchev–Trinajstić information content (AvgIpc) is 2.47. The molecule has 0 radical (unpaired) electrons. The molecule has 112 valence electrons. The molecule has 0 spiro atoms. The number of nitro benzene ring substituents is 1. The highest BCUT2D eigenvalue weighted by molar-refractivity contribution is 5.96. The first-order valence-electron chi connectivity index (χ1n) is 6.00. The molecule has 8 heteroatoms. The number of carbonyl (C=O) groups is 2. The highest BCUT2D eigenvalue weighted by Gasteiger charge is 2.16. The Morgan fingerprint density at radius 3 is 2.36 bits per heavy atom. The summed E-state index contributed by atoms with van der Waals surface area (Å²) >= 11 is 0. The lowest BCUT2D eigenvalue weighted by molar-refractivity contribution is -0.384. The Hall–Kier alpha value is -3.42. The van der Waals surface area contributed by atoms with Crippen molar-refractivity contribution in [2.75, 3.05) is 5.32 Å². The monoisotopic (exact) mass is 302 g/mol. The van der Waals surface area contributed by atoms with Crippen molar-refractivity contribution in [2.45, 2.75) is 0 Å². The van der Waals surface area contributed by atoms with E-state index in [1.165, 1.54) is 24.3 Å². The normalized spacial score (nSPS) is 10.0. The molecule has 0 atom stereocenters. The number of hydrogen-bond donors (Lipinski definition) is 3. The zero-order valence-corrected chi connectivity index (χ0v) is 11.0. The van der Waals surface area contributed by atoms with E-state index < -0.39 is 16.9 Å². The summed E-state index contributed by atoms with van der Waals surface area (Å²) in [5, 5.41) is 31.5. The quantitative estimate of drug-likeness (QED) is 0.571. The Labute approximate surface area is 123 Å². The molecule has 2 rings (SSSR count). The number of benzene rings is 2. The second-order valence-corrected chi connectivity index (χ2v) is 4.30. The summed E-state index contributed by atoms with van der Waals surface area (Å²) in [6, 6.07) is 9.13. The molecule has 0 unspecified atom stereocenters. The van der Waals surface area contributed by atoms with E-state index >= 15 is 0 Å². The van der Waals surface area contributed by atoms with Crippen LogP contribution in [0.3, 0.4) is 0 Å². The Kier molecular flexibility index (Phi) is 4.03. The van der Waals surface area contributed by atoms with Gasteiger partial charge >= 0.3 is 11.9 Å². The van der Waals surface area contributed by atoms with E-state index in [9.17, 15) is 19.7 Å². The zero-order chi connectivity index (χ0) is 16.3. The van der Waals surface area contributed by atoms with Crippen molar-refractivity contribution >= 4 is 29.0 Å². The number of anilines is 2. The van der Waals surface area contributed by atoms with Crippen LogP contribution < -0.4 is 5.32 Å². The largest absolute Gasteiger partial charge is 0.478 e. The first-order chi connectivity index (χ1) is 10.4. The predicted molar refractivity (Wildman–Crippen MR) is 76.7 cm³/mol. The summed E-state index contributed by atoms with van der Waals surface area (Å²) in [5.74, 6) is -2.45. The molecular weight excluding hydrogens is 292 g/mol. The minimum Gasteiger partial charge on any atom is -0.478 e. The number of non-ortho nitro benzene ring substituents is 1. The fourth-order valence-corrected chi connectivity index (χ4v) is 1.82. The fraction of sp³-hybridized carbons (Fsp3) is 0. The number of carboxylic acids is 2. The van der Waals surface area contributed by atoms with Crippen LogP contribution in [0.15, 0.2) is 42.5 Å². The van der Waals surface area contributed by atoms with Crippen molar-refractivity contribution in [1.29, 1.82) is 0 Å². The van der Waals surface area contributed by atoms with Gasteiger partial charge in [0, 0.05) is 17.8 Å². The topological polar surface area (TPSA) is 130 Å². The standard InChI is InChI=1S/C14H10N2O6/c17-13(18)8-2-1-3-9(6-8)15-12-5-4-10(16(21)22)7-11(12)14(19)20/h1-7,15H,(H,17,18)(H,19,20). The van der Waals surface area contributed by atoms with E-state index in [0.29, 0.717) is 5.69 Å². The maximum absolute atomic E-state index is 11.2. The van der Waals surface area contributed by atoms with Gasteiger partial charge in [-0.15, -0.1) is 0 Å². The molecule has 22 heavy (non-hydrogen) atoms. The summed E-state index contributed by atoms with van der Waals surface area (Å²) in [5.41, 5.74) is -0.113. The van der Waals surface area contributed by atoms with E-state index in [4.69, 9.17) is 10.2 Å². The third-order valence-corrected chi connectivity index (χ3v) is 2.83. The molecule has 8 nitrogen and oxygen atoms in total. The van der Waals surface area contributed by atoms with E-state index in [0.717, 1.165) is 12.1 Å². The Bertz CT molecular complexity index is 772. The first kappa shape index (κ1) is 15.0. The van der Waals surface area contributed by atoms with E-state index in [2.05, 4.69) is 5.32 Å². The van der Waals surface area contributed by atoms with Gasteiger partial charge in [-0.2, -0.15) is 0 Å². The van der Waals surface area contributed by atoms with Gasteiger partial charge in [0.1, 0.15) is 0 Å². The molecule has 0 heterocycles. The Morgan fingerprint density at radius 1 is 1.05 bits per heavy atom. The maximum atomic E-state index is 11.2. The van der Waals surface area contributed by atoms with Crippen LogP contribution in [-0.4, -0.2) is 27.1 Å². The first-order valence-corrected chi connectivity index (χ1v) is 6.00. The molecule has 0 aliphatic carbocycles. The number of nitrogens with zero attached hydrogens (tertiary/aromatic N) is 1. The molecular formula is C14H10N2O6. The van der Waals surface area contributed by atoms with Crippen molar-refractivity contribution in [3.63, 3.8) is 0 Å². The second-order valence-electron chi connectivity index (χ2n) is 4.30. The summed E-state index contributed by atoms with van der Waals surface area (Å²) in [6.45, 7) is 0. The van der Waals surface area contributed by atoms with Crippen molar-refractivity contribution in [2.24, 2.45) is 0 Å². The average molecular weight is 302 g/mol. The minimum atomic E-state index is -1.33. The van der Waals surface area contributed by atoms with Crippen LogP contribution in [0.2, 0.25) is 0 Å². The third kappa shape index (κ3) is 3.18. The van der Waals surface area contributed by atoms with Crippen molar-refractivity contribution in [3.8, 4) is 0 Å². The van der Waals surface area contributed by atoms with Gasteiger partial charge in [-0.1, -0.05) is 6.07 Å². The predicted octanol–water partition coefficient (Wildman–Crippen LogP) is 2.73. The molecule has 3 N–H and O–H groups in total. The molecule has 0 bridgehead atoms. The highest BCUT2D eigenvalue weighted by Crippen LogP contribution is 2.26. The van der Waals surface area contributed by atoms with Crippen LogP contribution in [0.5, 0.6) is 0 Å². The van der Waals surface area contributed by atoms with E-state index in [1.807, 2.05) is 0 Å². The van der Waals surface area contributed by atoms with Crippen LogP contribution in [-0.2, 0) is 0 Å². The molecule has 0 aromatic heterocycles. The summed E-state index contributed by atoms with van der Waals surface area (Å²) in [4.78, 5) is 32.1. The van der Waals surface area contributed by atoms with Crippen molar-refractivity contribution in [3.05, 3.63) is 63.7 Å². The fourth-order valence-electron chi connectivity index (χ4n) is 1.82. The lowest BCUT2D eigenvalue weighted by Crippen LogP contribution is -2.04. The van der Waals surface area contributed by atoms with E-state index in [-0.39, 0.29) is 22.5 Å². The van der Waals surface area contributed by atoms with E-state index in [1.54, 1.807) is 6.07 Å². The van der Waals surface area contributed by atoms with Gasteiger partial charge < -0.3 is 15.5 Å². The Morgan fingerprint density at radius 2 is 1.77 bits per heavy atom. The second kappa shape index (κ2) is 5.92. The number of aromatic carboxylic acids is 2. The minimum absolute atomic E-state index is 0.0313. The van der Waals surface area contributed by atoms with Crippen LogP contribution in [0, 0.1) is 10.1 Å². The highest BCUT2D eigenvalue weighted by atomic mass is 16.6. The third-order valence-electron chi connectivity index (χ3n) is 2.83. The number of nitro groups is 1. The lowest BCUT2D eigenvalue weighted by atomic mass is 10.1. The van der Waals surface area contributed by atoms with Gasteiger partial charge in [-0.25, -0.2) is 9.59 Å². The van der Waals surface area contributed by atoms with Crippen LogP contribution >= 0.6 is 0 Å². The zero-order valence-electron chi connectivity index (χ0n) is 11.0. The summed E-state index contributed by atoms with van der Waals surface area (Å²) in [6.07, 6.45) is 0. The van der Waals surface area contributed by atoms with Crippen LogP contribution in [0.1, 0.15) is 20.7 Å². The van der Waals surface area contributed by atoms with Crippen LogP contribution in [0.4, 0.5) is 17.1 Å². The van der Waals surface area contributed by atoms with Gasteiger partial charge in [-0.3, -0.25) is 10.1 Å². The molecule has 2 aromatic rings. The van der Waals surface area contributed by atoms with Gasteiger partial charge in [0.05, 0.1) is 21.7 Å². The SMILES string of the molecule is O=C(O)c1cccc(Nc2ccc([N+](=O)[O-])cc2C(=O)O)c1. The molecule has 0 saturated carbocycles. The number of carboxylic acid groups (broad SMARTS) is 2. The van der Waals surface area contributed by atoms with Crippen molar-refractivity contribution in [1.82, 2.24) is 0 Å². The summed E-state index contributed by atoms with van der Waals surface area (Å²) in [7, 11) is 0. The molecule has 0 saturated heterocycles. The molecule has 0 aliphatic heterocycles. The molecule has 2 aromatic carbocycles. The summed E-state index contributed by atoms with van der Waals surface area (Å²) < 4.78 is 0. The molecule has 0 amide bonds. The maximum Gasteiger partial charge on any atom is 0.338 e. The molecule has 0 fully saturated rings. The van der Waals surface area contributed by atoms with Gasteiger partial charge in [0.2, 0.25) is 0 Å². The molecule has 0 aliphatic rings. The number of nitrogens with one attached hydrogen (secondary N) is 1. The van der Waals surface area contributed by atoms with Crippen molar-refractivity contribution < 1.29 is 24.7 Å². The lowest BCUT2D eigenvalue weighted by Gasteiger charge is -2.10. The van der Waals surface area contributed by atoms with Gasteiger partial charge in [0.25, 0.3) is 5.69 Å². The number of hydrogen-bond acceptors (Lipinski definition) is 5. The smallest absolute Gasteiger partial charge is 0.338 e.